The van der Waals surface area contributed by atoms with E-state index in [9.17, 15) is 4.79 Å². The Kier molecular flexibility index (Phi) is 5.56. The maximum absolute atomic E-state index is 12.4. The highest BCUT2D eigenvalue weighted by Crippen LogP contribution is 2.30. The number of anilines is 1. The molecular formula is C24H23N3O2. The second-order valence-electron chi connectivity index (χ2n) is 6.87. The third kappa shape index (κ3) is 4.29. The van der Waals surface area contributed by atoms with Crippen molar-refractivity contribution in [2.75, 3.05) is 12.4 Å². The molecule has 1 amide bonds. The molecule has 0 unspecified atom stereocenters. The number of nitrogens with zero attached hydrogens (tertiary/aromatic N) is 1. The van der Waals surface area contributed by atoms with Crippen LogP contribution in [0.5, 0.6) is 5.75 Å². The van der Waals surface area contributed by atoms with Crippen LogP contribution in [0.3, 0.4) is 0 Å². The fourth-order valence-corrected chi connectivity index (χ4v) is 3.51. The molecule has 4 aromatic rings. The highest BCUT2D eigenvalue weighted by Gasteiger charge is 2.14. The number of hydrogen-bond donors (Lipinski definition) is 2. The van der Waals surface area contributed by atoms with Gasteiger partial charge in [-0.1, -0.05) is 24.3 Å². The van der Waals surface area contributed by atoms with Crippen LogP contribution in [0.25, 0.3) is 22.3 Å². The van der Waals surface area contributed by atoms with Gasteiger partial charge in [-0.15, -0.1) is 0 Å². The van der Waals surface area contributed by atoms with E-state index in [2.05, 4.69) is 27.4 Å². The number of para-hydroxylation sites is 1. The minimum absolute atomic E-state index is 0.00870. The second kappa shape index (κ2) is 8.61. The number of H-pyrrole nitrogens is 1. The van der Waals surface area contributed by atoms with Crippen LogP contribution in [0.2, 0.25) is 0 Å². The van der Waals surface area contributed by atoms with E-state index in [-0.39, 0.29) is 5.91 Å². The summed E-state index contributed by atoms with van der Waals surface area (Å²) in [5.74, 6) is 0.777. The lowest BCUT2D eigenvalue weighted by atomic mass is 10.0. The molecule has 0 bridgehead atoms. The molecule has 0 fully saturated rings. The smallest absolute Gasteiger partial charge is 0.224 e. The Morgan fingerprint density at radius 2 is 1.83 bits per heavy atom. The van der Waals surface area contributed by atoms with Gasteiger partial charge in [0, 0.05) is 29.2 Å². The van der Waals surface area contributed by atoms with Crippen LogP contribution in [-0.2, 0) is 11.2 Å². The molecule has 2 heterocycles. The molecule has 2 aromatic heterocycles. The lowest BCUT2D eigenvalue weighted by Crippen LogP contribution is -2.11. The van der Waals surface area contributed by atoms with Crippen LogP contribution in [0, 0.1) is 0 Å². The largest absolute Gasteiger partial charge is 0.497 e. The van der Waals surface area contributed by atoms with E-state index in [0.717, 1.165) is 41.2 Å². The lowest BCUT2D eigenvalue weighted by molar-refractivity contribution is -0.116. The normalized spacial score (nSPS) is 10.8. The average Bonchev–Trinajstić information content (AvgIpc) is 3.14. The van der Waals surface area contributed by atoms with E-state index >= 15 is 0 Å². The van der Waals surface area contributed by atoms with Gasteiger partial charge in [-0.25, -0.2) is 0 Å². The molecule has 0 aliphatic rings. The Bertz CT molecular complexity index is 1100. The van der Waals surface area contributed by atoms with Crippen LogP contribution in [0.15, 0.2) is 72.9 Å². The maximum Gasteiger partial charge on any atom is 0.224 e. The summed E-state index contributed by atoms with van der Waals surface area (Å²) in [5, 5.41) is 4.13. The molecule has 4 rings (SSSR count). The van der Waals surface area contributed by atoms with Crippen molar-refractivity contribution in [3.63, 3.8) is 0 Å². The Balaban J connectivity index is 1.46. The summed E-state index contributed by atoms with van der Waals surface area (Å²) in [4.78, 5) is 20.3. The molecule has 5 nitrogen and oxygen atoms in total. The molecule has 29 heavy (non-hydrogen) atoms. The van der Waals surface area contributed by atoms with Gasteiger partial charge in [0.2, 0.25) is 5.91 Å². The van der Waals surface area contributed by atoms with Gasteiger partial charge >= 0.3 is 0 Å². The number of amides is 1. The minimum Gasteiger partial charge on any atom is -0.497 e. The van der Waals surface area contributed by atoms with Crippen LogP contribution in [0.4, 0.5) is 5.69 Å². The molecule has 146 valence electrons. The third-order valence-corrected chi connectivity index (χ3v) is 4.94. The average molecular weight is 385 g/mol. The lowest BCUT2D eigenvalue weighted by Gasteiger charge is -2.07. The van der Waals surface area contributed by atoms with Gasteiger partial charge in [0.15, 0.2) is 0 Å². The SMILES string of the molecule is COc1ccc(NC(=O)CCCc2c(-c3ccccn3)[nH]c3ccccc23)cc1. The summed E-state index contributed by atoms with van der Waals surface area (Å²) in [7, 11) is 1.62. The van der Waals surface area contributed by atoms with E-state index in [1.54, 1.807) is 13.3 Å². The highest BCUT2D eigenvalue weighted by atomic mass is 16.5. The van der Waals surface area contributed by atoms with Crippen molar-refractivity contribution in [3.05, 3.63) is 78.5 Å². The topological polar surface area (TPSA) is 67.0 Å². The molecule has 0 radical (unpaired) electrons. The first-order valence-electron chi connectivity index (χ1n) is 9.69. The van der Waals surface area contributed by atoms with Gasteiger partial charge < -0.3 is 15.0 Å². The van der Waals surface area contributed by atoms with Crippen molar-refractivity contribution < 1.29 is 9.53 Å². The number of carbonyl (C=O) groups excluding carboxylic acids is 1. The summed E-state index contributed by atoms with van der Waals surface area (Å²) in [6.07, 6.45) is 3.80. The van der Waals surface area contributed by atoms with Gasteiger partial charge in [-0.3, -0.25) is 9.78 Å². The van der Waals surface area contributed by atoms with Crippen molar-refractivity contribution >= 4 is 22.5 Å². The molecule has 0 spiro atoms. The molecule has 0 saturated carbocycles. The number of aromatic nitrogens is 2. The second-order valence-corrected chi connectivity index (χ2v) is 6.87. The maximum atomic E-state index is 12.4. The summed E-state index contributed by atoms with van der Waals surface area (Å²) >= 11 is 0. The van der Waals surface area contributed by atoms with Crippen LogP contribution in [-0.4, -0.2) is 23.0 Å². The van der Waals surface area contributed by atoms with Crippen molar-refractivity contribution in [2.45, 2.75) is 19.3 Å². The number of carbonyl (C=O) groups is 1. The first-order valence-corrected chi connectivity index (χ1v) is 9.69. The van der Waals surface area contributed by atoms with Crippen LogP contribution < -0.4 is 10.1 Å². The standard InChI is InChI=1S/C24H23N3O2/c1-29-18-14-12-17(13-15-18)26-23(28)11-6-8-20-19-7-2-3-9-21(19)27-24(20)22-10-4-5-16-25-22/h2-5,7,9-10,12-16,27H,6,8,11H2,1H3,(H,26,28). The van der Waals surface area contributed by atoms with Gasteiger partial charge in [-0.05, 0) is 60.9 Å². The summed E-state index contributed by atoms with van der Waals surface area (Å²) < 4.78 is 5.14. The molecular weight excluding hydrogens is 362 g/mol. The highest BCUT2D eigenvalue weighted by molar-refractivity contribution is 5.92. The summed E-state index contributed by atoms with van der Waals surface area (Å²) in [6.45, 7) is 0. The molecule has 0 aliphatic carbocycles. The first-order chi connectivity index (χ1) is 14.2. The van der Waals surface area contributed by atoms with E-state index in [4.69, 9.17) is 4.74 Å². The Labute approximate surface area is 169 Å². The summed E-state index contributed by atoms with van der Waals surface area (Å²) in [6, 6.07) is 21.5. The Morgan fingerprint density at radius 1 is 1.03 bits per heavy atom. The van der Waals surface area contributed by atoms with Crippen molar-refractivity contribution in [3.8, 4) is 17.1 Å². The number of methoxy groups -OCH3 is 1. The first kappa shape index (κ1) is 18.7. The number of benzene rings is 2. The number of ether oxygens (including phenoxy) is 1. The van der Waals surface area contributed by atoms with Crippen molar-refractivity contribution in [2.24, 2.45) is 0 Å². The van der Waals surface area contributed by atoms with E-state index in [1.165, 1.54) is 10.9 Å². The zero-order chi connectivity index (χ0) is 20.1. The molecule has 0 saturated heterocycles. The van der Waals surface area contributed by atoms with Crippen LogP contribution >= 0.6 is 0 Å². The number of nitrogens with one attached hydrogen (secondary N) is 2. The minimum atomic E-state index is 0.00870. The molecule has 2 N–H and O–H groups in total. The number of fused-ring (bicyclic) bond motifs is 1. The van der Waals surface area contributed by atoms with Crippen molar-refractivity contribution in [1.29, 1.82) is 0 Å². The number of aromatic amines is 1. The zero-order valence-corrected chi connectivity index (χ0v) is 16.3. The molecule has 0 aliphatic heterocycles. The fourth-order valence-electron chi connectivity index (χ4n) is 3.51. The number of pyridine rings is 1. The number of rotatable bonds is 7. The molecule has 5 heteroatoms. The van der Waals surface area contributed by atoms with E-state index < -0.39 is 0 Å². The number of aryl methyl sites for hydroxylation is 1. The Morgan fingerprint density at radius 3 is 2.59 bits per heavy atom. The predicted molar refractivity (Wildman–Crippen MR) is 116 cm³/mol. The van der Waals surface area contributed by atoms with Gasteiger partial charge in [0.1, 0.15) is 5.75 Å². The third-order valence-electron chi connectivity index (χ3n) is 4.94. The zero-order valence-electron chi connectivity index (χ0n) is 16.3. The monoisotopic (exact) mass is 385 g/mol. The number of hydrogen-bond acceptors (Lipinski definition) is 3. The van der Waals surface area contributed by atoms with Crippen LogP contribution in [0.1, 0.15) is 18.4 Å². The molecule has 2 aromatic carbocycles. The fraction of sp³-hybridized carbons (Fsp3) is 0.167. The van der Waals surface area contributed by atoms with Gasteiger partial charge in [0.05, 0.1) is 18.5 Å². The van der Waals surface area contributed by atoms with E-state index in [0.29, 0.717) is 6.42 Å². The summed E-state index contributed by atoms with van der Waals surface area (Å²) in [5.41, 5.74) is 5.02. The Hall–Kier alpha value is -3.60. The molecule has 0 atom stereocenters. The van der Waals surface area contributed by atoms with Crippen molar-refractivity contribution in [1.82, 2.24) is 9.97 Å². The van der Waals surface area contributed by atoms with Gasteiger partial charge in [-0.2, -0.15) is 0 Å². The predicted octanol–water partition coefficient (Wildman–Crippen LogP) is 5.20. The van der Waals surface area contributed by atoms with Gasteiger partial charge in [0.25, 0.3) is 0 Å². The quantitative estimate of drug-likeness (QED) is 0.459. The van der Waals surface area contributed by atoms with E-state index in [1.807, 2.05) is 54.6 Å².